The fourth-order valence-electron chi connectivity index (χ4n) is 3.30. The summed E-state index contributed by atoms with van der Waals surface area (Å²) in [6.07, 6.45) is 3.46. The van der Waals surface area contributed by atoms with Crippen LogP contribution in [0.2, 0.25) is 5.02 Å². The Morgan fingerprint density at radius 2 is 2.00 bits per heavy atom. The maximum Gasteiger partial charge on any atom is 0.249 e. The molecule has 0 spiro atoms. The lowest BCUT2D eigenvalue weighted by atomic mass is 9.85. The van der Waals surface area contributed by atoms with Crippen molar-refractivity contribution in [1.29, 1.82) is 0 Å². The summed E-state index contributed by atoms with van der Waals surface area (Å²) < 4.78 is 7.84. The van der Waals surface area contributed by atoms with E-state index in [1.165, 1.54) is 6.42 Å². The molecule has 0 atom stereocenters. The van der Waals surface area contributed by atoms with E-state index in [1.54, 1.807) is 24.3 Å². The molecule has 1 fully saturated rings. The molecule has 7 heteroatoms. The van der Waals surface area contributed by atoms with Crippen molar-refractivity contribution in [2.75, 3.05) is 5.32 Å². The predicted molar refractivity (Wildman–Crippen MR) is 104 cm³/mol. The minimum absolute atomic E-state index is 0.105. The first-order valence-electron chi connectivity index (χ1n) is 9.07. The van der Waals surface area contributed by atoms with Crippen LogP contribution in [0.3, 0.4) is 0 Å². The lowest BCUT2D eigenvalue weighted by Gasteiger charge is -2.20. The Morgan fingerprint density at radius 1 is 1.26 bits per heavy atom. The van der Waals surface area contributed by atoms with E-state index in [0.29, 0.717) is 22.5 Å². The van der Waals surface area contributed by atoms with E-state index in [0.717, 1.165) is 35.7 Å². The molecule has 0 unspecified atom stereocenters. The van der Waals surface area contributed by atoms with Crippen LogP contribution in [-0.2, 0) is 11.3 Å². The molecule has 140 valence electrons. The van der Waals surface area contributed by atoms with Crippen LogP contribution in [0.4, 0.5) is 5.69 Å². The highest BCUT2D eigenvalue weighted by molar-refractivity contribution is 6.30. The third-order valence-electron chi connectivity index (χ3n) is 5.13. The third-order valence-corrected chi connectivity index (χ3v) is 5.38. The summed E-state index contributed by atoms with van der Waals surface area (Å²) in [6.45, 7) is 4.14. The van der Waals surface area contributed by atoms with Crippen molar-refractivity contribution in [3.05, 3.63) is 52.6 Å². The summed E-state index contributed by atoms with van der Waals surface area (Å²) in [4.78, 5) is 12.4. The predicted octanol–water partition coefficient (Wildman–Crippen LogP) is 4.71. The molecule has 1 saturated carbocycles. The molecule has 6 nitrogen and oxygen atoms in total. The lowest BCUT2D eigenvalue weighted by Crippen LogP contribution is -2.20. The Labute approximate surface area is 162 Å². The van der Waals surface area contributed by atoms with Crippen LogP contribution in [0, 0.1) is 13.8 Å². The molecule has 2 heterocycles. The molecule has 27 heavy (non-hydrogen) atoms. The van der Waals surface area contributed by atoms with Crippen molar-refractivity contribution in [2.45, 2.75) is 45.6 Å². The maximum atomic E-state index is 12.4. The first kappa shape index (κ1) is 17.8. The van der Waals surface area contributed by atoms with Crippen molar-refractivity contribution in [1.82, 2.24) is 14.8 Å². The van der Waals surface area contributed by atoms with Gasteiger partial charge in [0.2, 0.25) is 17.7 Å². The molecular formula is C20H21ClN4O2. The molecule has 0 aliphatic heterocycles. The van der Waals surface area contributed by atoms with Gasteiger partial charge in [0.15, 0.2) is 0 Å². The summed E-state index contributed by atoms with van der Waals surface area (Å²) >= 11 is 5.88. The van der Waals surface area contributed by atoms with Crippen LogP contribution in [0.5, 0.6) is 0 Å². The molecule has 4 rings (SSSR count). The van der Waals surface area contributed by atoms with Crippen LogP contribution in [0.25, 0.3) is 11.5 Å². The van der Waals surface area contributed by atoms with E-state index >= 15 is 0 Å². The highest BCUT2D eigenvalue weighted by Gasteiger charge is 2.26. The molecule has 0 radical (unpaired) electrons. The molecule has 0 bridgehead atoms. The summed E-state index contributed by atoms with van der Waals surface area (Å²) in [7, 11) is 0. The van der Waals surface area contributed by atoms with E-state index < -0.39 is 0 Å². The van der Waals surface area contributed by atoms with Gasteiger partial charge >= 0.3 is 0 Å². The summed E-state index contributed by atoms with van der Waals surface area (Å²) in [6, 6.07) is 9.04. The van der Waals surface area contributed by atoms with Crippen molar-refractivity contribution >= 4 is 23.2 Å². The van der Waals surface area contributed by atoms with Gasteiger partial charge < -0.3 is 14.3 Å². The summed E-state index contributed by atoms with van der Waals surface area (Å²) in [5.74, 6) is 1.54. The third kappa shape index (κ3) is 3.62. The quantitative estimate of drug-likeness (QED) is 0.691. The first-order chi connectivity index (χ1) is 13.0. The Balaban J connectivity index is 1.51. The average Bonchev–Trinajstić information content (AvgIpc) is 3.16. The average molecular weight is 385 g/mol. The normalized spacial score (nSPS) is 14.2. The van der Waals surface area contributed by atoms with Gasteiger partial charge in [-0.05, 0) is 57.0 Å². The Morgan fingerprint density at radius 3 is 2.67 bits per heavy atom. The van der Waals surface area contributed by atoms with Gasteiger partial charge in [0.05, 0.1) is 5.56 Å². The number of aromatic nitrogens is 3. The van der Waals surface area contributed by atoms with E-state index in [-0.39, 0.29) is 12.5 Å². The van der Waals surface area contributed by atoms with Gasteiger partial charge in [0, 0.05) is 28.0 Å². The minimum atomic E-state index is -0.105. The highest BCUT2D eigenvalue weighted by atomic mass is 35.5. The zero-order chi connectivity index (χ0) is 19.0. The topological polar surface area (TPSA) is 73.0 Å². The number of carbonyl (C=O) groups excluding carboxylic acids is 1. The van der Waals surface area contributed by atoms with Crippen molar-refractivity contribution in [2.24, 2.45) is 0 Å². The van der Waals surface area contributed by atoms with Gasteiger partial charge in [0.1, 0.15) is 6.54 Å². The van der Waals surface area contributed by atoms with Gasteiger partial charge in [-0.2, -0.15) is 0 Å². The number of nitrogens with zero attached hydrogens (tertiary/aromatic N) is 3. The van der Waals surface area contributed by atoms with E-state index in [9.17, 15) is 4.79 Å². The number of nitrogens with one attached hydrogen (secondary N) is 1. The molecule has 1 amide bonds. The fourth-order valence-corrected chi connectivity index (χ4v) is 3.43. The van der Waals surface area contributed by atoms with Crippen molar-refractivity contribution < 1.29 is 9.21 Å². The molecule has 1 N–H and O–H groups in total. The largest absolute Gasteiger partial charge is 0.420 e. The Hall–Kier alpha value is -2.60. The second kappa shape index (κ2) is 7.19. The van der Waals surface area contributed by atoms with Crippen molar-refractivity contribution in [3.8, 4) is 11.5 Å². The van der Waals surface area contributed by atoms with E-state index in [1.807, 2.05) is 24.5 Å². The van der Waals surface area contributed by atoms with Gasteiger partial charge in [0.25, 0.3) is 0 Å². The van der Waals surface area contributed by atoms with Gasteiger partial charge in [-0.25, -0.2) is 0 Å². The SMILES string of the molecule is Cc1cc(-c2nnc(C3CCC3)o2)c(C)n1CC(=O)Nc1ccc(Cl)cc1. The molecule has 2 aromatic heterocycles. The molecule has 1 aromatic carbocycles. The number of rotatable bonds is 5. The minimum Gasteiger partial charge on any atom is -0.420 e. The summed E-state index contributed by atoms with van der Waals surface area (Å²) in [5.41, 5.74) is 3.50. The zero-order valence-electron chi connectivity index (χ0n) is 15.3. The molecule has 3 aromatic rings. The van der Waals surface area contributed by atoms with E-state index in [4.69, 9.17) is 16.0 Å². The molecule has 0 saturated heterocycles. The highest BCUT2D eigenvalue weighted by Crippen LogP contribution is 2.37. The zero-order valence-corrected chi connectivity index (χ0v) is 16.1. The van der Waals surface area contributed by atoms with Crippen molar-refractivity contribution in [3.63, 3.8) is 0 Å². The number of halogens is 1. The number of aryl methyl sites for hydroxylation is 1. The number of hydrogen-bond donors (Lipinski definition) is 1. The molecule has 1 aliphatic rings. The second-order valence-electron chi connectivity index (χ2n) is 7.00. The van der Waals surface area contributed by atoms with Crippen LogP contribution in [0.1, 0.15) is 42.5 Å². The van der Waals surface area contributed by atoms with Crippen LogP contribution in [-0.4, -0.2) is 20.7 Å². The lowest BCUT2D eigenvalue weighted by molar-refractivity contribution is -0.116. The van der Waals surface area contributed by atoms with E-state index in [2.05, 4.69) is 15.5 Å². The van der Waals surface area contributed by atoms with Crippen LogP contribution in [0.15, 0.2) is 34.7 Å². The molecular weight excluding hydrogens is 364 g/mol. The molecule has 1 aliphatic carbocycles. The fraction of sp³-hybridized carbons (Fsp3) is 0.350. The van der Waals surface area contributed by atoms with Crippen LogP contribution < -0.4 is 5.32 Å². The maximum absolute atomic E-state index is 12.4. The first-order valence-corrected chi connectivity index (χ1v) is 9.45. The summed E-state index contributed by atoms with van der Waals surface area (Å²) in [5, 5.41) is 11.9. The number of hydrogen-bond acceptors (Lipinski definition) is 4. The number of benzene rings is 1. The second-order valence-corrected chi connectivity index (χ2v) is 7.44. The van der Waals surface area contributed by atoms with Gasteiger partial charge in [-0.1, -0.05) is 18.0 Å². The smallest absolute Gasteiger partial charge is 0.249 e. The van der Waals surface area contributed by atoms with Gasteiger partial charge in [-0.3, -0.25) is 4.79 Å². The van der Waals surface area contributed by atoms with Crippen LogP contribution >= 0.6 is 11.6 Å². The standard InChI is InChI=1S/C20H21ClN4O2/c1-12-10-17(20-24-23-19(27-20)14-4-3-5-14)13(2)25(12)11-18(26)22-16-8-6-15(21)7-9-16/h6-10,14H,3-5,11H2,1-2H3,(H,22,26). The Bertz CT molecular complexity index is 971. The van der Waals surface area contributed by atoms with Gasteiger partial charge in [-0.15, -0.1) is 10.2 Å². The number of anilines is 1. The number of carbonyl (C=O) groups is 1. The Kier molecular flexibility index (Phi) is 4.74. The number of amides is 1. The monoisotopic (exact) mass is 384 g/mol.